The minimum atomic E-state index is 0.550. The highest BCUT2D eigenvalue weighted by Crippen LogP contribution is 2.37. The van der Waals surface area contributed by atoms with E-state index in [1.54, 1.807) is 6.33 Å². The lowest BCUT2D eigenvalue weighted by Gasteiger charge is -2.17. The van der Waals surface area contributed by atoms with E-state index in [0.717, 1.165) is 33.9 Å². The first-order valence-corrected chi connectivity index (χ1v) is 8.78. The molecule has 0 amide bonds. The van der Waals surface area contributed by atoms with Crippen molar-refractivity contribution in [3.8, 4) is 11.3 Å². The van der Waals surface area contributed by atoms with E-state index in [9.17, 15) is 0 Å². The summed E-state index contributed by atoms with van der Waals surface area (Å²) in [6, 6.07) is 12.8. The van der Waals surface area contributed by atoms with E-state index in [4.69, 9.17) is 0 Å². The number of H-pyrrole nitrogens is 1. The molecule has 1 aromatic carbocycles. The van der Waals surface area contributed by atoms with Gasteiger partial charge in [0.15, 0.2) is 17.0 Å². The minimum absolute atomic E-state index is 0.550. The summed E-state index contributed by atoms with van der Waals surface area (Å²) in [5.74, 6) is 0.838. The molecule has 7 heteroatoms. The number of hydrogen-bond donors (Lipinski definition) is 1. The van der Waals surface area contributed by atoms with Crippen molar-refractivity contribution in [2.24, 2.45) is 0 Å². The molecule has 0 saturated heterocycles. The summed E-state index contributed by atoms with van der Waals surface area (Å²) in [7, 11) is 2.01. The molecule has 0 atom stereocenters. The van der Waals surface area contributed by atoms with Gasteiger partial charge in [-0.2, -0.15) is 5.10 Å². The molecule has 1 N–H and O–H groups in total. The molecule has 0 unspecified atom stereocenters. The highest BCUT2D eigenvalue weighted by atomic mass is 15.2. The van der Waals surface area contributed by atoms with Crippen LogP contribution in [0.3, 0.4) is 0 Å². The van der Waals surface area contributed by atoms with Gasteiger partial charge in [0.1, 0.15) is 6.33 Å². The second kappa shape index (κ2) is 5.94. The van der Waals surface area contributed by atoms with E-state index in [-0.39, 0.29) is 0 Å². The average Bonchev–Trinajstić information content (AvgIpc) is 3.25. The van der Waals surface area contributed by atoms with Crippen LogP contribution in [0, 0.1) is 0 Å². The van der Waals surface area contributed by atoms with Crippen LogP contribution in [-0.4, -0.2) is 36.8 Å². The van der Waals surface area contributed by atoms with E-state index in [1.165, 1.54) is 12.8 Å². The smallest absolute Gasteiger partial charge is 0.165 e. The van der Waals surface area contributed by atoms with Crippen molar-refractivity contribution in [1.82, 2.24) is 29.7 Å². The van der Waals surface area contributed by atoms with Crippen molar-refractivity contribution in [2.75, 3.05) is 11.9 Å². The van der Waals surface area contributed by atoms with Crippen molar-refractivity contribution < 1.29 is 0 Å². The van der Waals surface area contributed by atoms with E-state index in [1.807, 2.05) is 31.6 Å². The SMILES string of the molecule is CN(Cc1cc(-c2ccccc2)n[nH]1)c1ncnc2c1ncn2C1CC1. The molecule has 4 aromatic rings. The summed E-state index contributed by atoms with van der Waals surface area (Å²) in [6.07, 6.45) is 5.92. The molecule has 0 aliphatic heterocycles. The maximum atomic E-state index is 4.57. The first-order chi connectivity index (χ1) is 12.8. The van der Waals surface area contributed by atoms with Gasteiger partial charge in [-0.15, -0.1) is 0 Å². The topological polar surface area (TPSA) is 75.5 Å². The first-order valence-electron chi connectivity index (χ1n) is 8.78. The number of rotatable bonds is 5. The zero-order valence-electron chi connectivity index (χ0n) is 14.5. The summed E-state index contributed by atoms with van der Waals surface area (Å²) in [6.45, 7) is 0.669. The van der Waals surface area contributed by atoms with Gasteiger partial charge in [0.25, 0.3) is 0 Å². The molecule has 26 heavy (non-hydrogen) atoms. The van der Waals surface area contributed by atoms with E-state index < -0.39 is 0 Å². The predicted octanol–water partition coefficient (Wildman–Crippen LogP) is 3.19. The van der Waals surface area contributed by atoms with Crippen LogP contribution in [-0.2, 0) is 6.54 Å². The van der Waals surface area contributed by atoms with Crippen molar-refractivity contribution >= 4 is 17.0 Å². The van der Waals surface area contributed by atoms with E-state index >= 15 is 0 Å². The van der Waals surface area contributed by atoms with Crippen LogP contribution in [0.4, 0.5) is 5.82 Å². The fourth-order valence-electron chi connectivity index (χ4n) is 3.27. The summed E-state index contributed by atoms with van der Waals surface area (Å²) < 4.78 is 2.16. The number of hydrogen-bond acceptors (Lipinski definition) is 5. The number of anilines is 1. The van der Waals surface area contributed by atoms with Gasteiger partial charge >= 0.3 is 0 Å². The standard InChI is InChI=1S/C19H19N7/c1-25(10-14-9-16(24-23-14)13-5-3-2-4-6-13)18-17-19(21-11-20-18)26(12-22-17)15-7-8-15/h2-6,9,11-12,15H,7-8,10H2,1H3,(H,23,24). The van der Waals surface area contributed by atoms with Gasteiger partial charge in [-0.05, 0) is 18.9 Å². The molecule has 3 aromatic heterocycles. The number of imidazole rings is 1. The van der Waals surface area contributed by atoms with Gasteiger partial charge < -0.3 is 9.47 Å². The monoisotopic (exact) mass is 345 g/mol. The maximum absolute atomic E-state index is 4.57. The molecule has 1 fully saturated rings. The highest BCUT2D eigenvalue weighted by molar-refractivity contribution is 5.83. The van der Waals surface area contributed by atoms with Gasteiger partial charge in [-0.3, -0.25) is 5.10 Å². The van der Waals surface area contributed by atoms with Crippen LogP contribution in [0.1, 0.15) is 24.6 Å². The van der Waals surface area contributed by atoms with Crippen molar-refractivity contribution in [2.45, 2.75) is 25.4 Å². The molecule has 0 radical (unpaired) electrons. The van der Waals surface area contributed by atoms with Crippen LogP contribution in [0.25, 0.3) is 22.4 Å². The zero-order valence-corrected chi connectivity index (χ0v) is 14.5. The Morgan fingerprint density at radius 1 is 1.15 bits per heavy atom. The molecule has 0 spiro atoms. The Balaban J connectivity index is 1.41. The maximum Gasteiger partial charge on any atom is 0.165 e. The van der Waals surface area contributed by atoms with Crippen LogP contribution < -0.4 is 4.90 Å². The van der Waals surface area contributed by atoms with Gasteiger partial charge in [-0.1, -0.05) is 30.3 Å². The Morgan fingerprint density at radius 2 is 2.00 bits per heavy atom. The minimum Gasteiger partial charge on any atom is -0.352 e. The van der Waals surface area contributed by atoms with Gasteiger partial charge in [-0.25, -0.2) is 15.0 Å². The first kappa shape index (κ1) is 15.1. The third-order valence-corrected chi connectivity index (χ3v) is 4.75. The van der Waals surface area contributed by atoms with Crippen LogP contribution in [0.15, 0.2) is 49.1 Å². The van der Waals surface area contributed by atoms with Crippen molar-refractivity contribution in [3.63, 3.8) is 0 Å². The molecule has 3 heterocycles. The van der Waals surface area contributed by atoms with E-state index in [0.29, 0.717) is 12.6 Å². The van der Waals surface area contributed by atoms with Crippen molar-refractivity contribution in [1.29, 1.82) is 0 Å². The molecule has 5 rings (SSSR count). The van der Waals surface area contributed by atoms with E-state index in [2.05, 4.69) is 52.8 Å². The summed E-state index contributed by atoms with van der Waals surface area (Å²) in [5.41, 5.74) is 4.84. The second-order valence-corrected chi connectivity index (χ2v) is 6.75. The average molecular weight is 345 g/mol. The molecule has 130 valence electrons. The number of benzene rings is 1. The molecular formula is C19H19N7. The Hall–Kier alpha value is -3.22. The van der Waals surface area contributed by atoms with Gasteiger partial charge in [0.05, 0.1) is 24.3 Å². The lowest BCUT2D eigenvalue weighted by Crippen LogP contribution is -2.18. The number of aromatic amines is 1. The molecule has 1 aliphatic carbocycles. The third kappa shape index (κ3) is 2.61. The largest absolute Gasteiger partial charge is 0.352 e. The molecule has 1 saturated carbocycles. The number of nitrogens with zero attached hydrogens (tertiary/aromatic N) is 6. The molecule has 0 bridgehead atoms. The van der Waals surface area contributed by atoms with Crippen LogP contribution in [0.2, 0.25) is 0 Å². The molecular weight excluding hydrogens is 326 g/mol. The number of aromatic nitrogens is 6. The second-order valence-electron chi connectivity index (χ2n) is 6.75. The normalized spacial score (nSPS) is 14.0. The molecule has 1 aliphatic rings. The lowest BCUT2D eigenvalue weighted by atomic mass is 10.1. The number of nitrogens with one attached hydrogen (secondary N) is 1. The Kier molecular flexibility index (Phi) is 3.44. The Bertz CT molecular complexity index is 1050. The fraction of sp³-hybridized carbons (Fsp3) is 0.263. The Labute approximate surface area is 150 Å². The van der Waals surface area contributed by atoms with Crippen LogP contribution in [0.5, 0.6) is 0 Å². The number of fused-ring (bicyclic) bond motifs is 1. The van der Waals surface area contributed by atoms with Gasteiger partial charge in [0.2, 0.25) is 0 Å². The van der Waals surface area contributed by atoms with Crippen molar-refractivity contribution in [3.05, 3.63) is 54.7 Å². The lowest BCUT2D eigenvalue weighted by molar-refractivity contribution is 0.756. The summed E-state index contributed by atoms with van der Waals surface area (Å²) in [5, 5.41) is 7.55. The highest BCUT2D eigenvalue weighted by Gasteiger charge is 2.26. The van der Waals surface area contributed by atoms with Gasteiger partial charge in [0, 0.05) is 18.7 Å². The summed E-state index contributed by atoms with van der Waals surface area (Å²) in [4.78, 5) is 15.6. The zero-order chi connectivity index (χ0) is 17.5. The predicted molar refractivity (Wildman–Crippen MR) is 99.7 cm³/mol. The molecule has 7 nitrogen and oxygen atoms in total. The third-order valence-electron chi connectivity index (χ3n) is 4.75. The fourth-order valence-corrected chi connectivity index (χ4v) is 3.27. The van der Waals surface area contributed by atoms with Crippen LogP contribution >= 0.6 is 0 Å². The quantitative estimate of drug-likeness (QED) is 0.601. The summed E-state index contributed by atoms with van der Waals surface area (Å²) >= 11 is 0. The Morgan fingerprint density at radius 3 is 2.81 bits per heavy atom.